The van der Waals surface area contributed by atoms with Gasteiger partial charge in [-0.15, -0.1) is 0 Å². The lowest BCUT2D eigenvalue weighted by atomic mass is 9.85. The molecule has 3 aliphatic rings. The summed E-state index contributed by atoms with van der Waals surface area (Å²) in [6.07, 6.45) is 4.52. The molecule has 1 aromatic heterocycles. The molecule has 2 aromatic rings. The highest BCUT2D eigenvalue weighted by Crippen LogP contribution is 2.36. The molecule has 10 heteroatoms. The number of rotatable bonds is 3. The van der Waals surface area contributed by atoms with Gasteiger partial charge in [0.25, 0.3) is 11.1 Å². The van der Waals surface area contributed by atoms with Crippen molar-refractivity contribution < 1.29 is 14.4 Å². The first-order chi connectivity index (χ1) is 15.0. The number of thioether (sulfide) groups is 1. The van der Waals surface area contributed by atoms with Crippen molar-refractivity contribution in [1.82, 2.24) is 20.6 Å². The summed E-state index contributed by atoms with van der Waals surface area (Å²) in [4.78, 5) is 49.4. The minimum absolute atomic E-state index is 0.0596. The van der Waals surface area contributed by atoms with Crippen LogP contribution in [0.15, 0.2) is 47.5 Å². The molecule has 0 radical (unpaired) electrons. The van der Waals surface area contributed by atoms with Crippen molar-refractivity contribution in [2.75, 3.05) is 29.6 Å². The first-order valence-electron chi connectivity index (χ1n) is 9.99. The van der Waals surface area contributed by atoms with Crippen LogP contribution in [0.2, 0.25) is 0 Å². The molecule has 0 aliphatic carbocycles. The summed E-state index contributed by atoms with van der Waals surface area (Å²) >= 11 is 0.859. The van der Waals surface area contributed by atoms with Crippen LogP contribution in [0.4, 0.5) is 16.4 Å². The summed E-state index contributed by atoms with van der Waals surface area (Å²) in [6.45, 7) is 1.76. The predicted octanol–water partition coefficient (Wildman–Crippen LogP) is 1.73. The summed E-state index contributed by atoms with van der Waals surface area (Å²) in [5.74, 6) is 0.191. The molecule has 5 rings (SSSR count). The molecule has 2 N–H and O–H groups in total. The van der Waals surface area contributed by atoms with Gasteiger partial charge in [-0.05, 0) is 48.9 Å². The third-order valence-electron chi connectivity index (χ3n) is 5.86. The average molecular weight is 436 g/mol. The largest absolute Gasteiger partial charge is 0.341 e. The van der Waals surface area contributed by atoms with Gasteiger partial charge in [-0.1, -0.05) is 18.2 Å². The summed E-state index contributed by atoms with van der Waals surface area (Å²) in [5.41, 5.74) is 1.01. The van der Waals surface area contributed by atoms with Crippen molar-refractivity contribution in [3.8, 4) is 0 Å². The Morgan fingerprint density at radius 1 is 1.06 bits per heavy atom. The van der Waals surface area contributed by atoms with Gasteiger partial charge in [-0.25, -0.2) is 9.97 Å². The monoisotopic (exact) mass is 436 g/mol. The summed E-state index contributed by atoms with van der Waals surface area (Å²) in [5, 5.41) is 4.85. The van der Waals surface area contributed by atoms with Gasteiger partial charge < -0.3 is 15.1 Å². The highest BCUT2D eigenvalue weighted by atomic mass is 32.2. The Kier molecular flexibility index (Phi) is 4.85. The number of aromatic nitrogens is 2. The molecule has 9 nitrogen and oxygen atoms in total. The van der Waals surface area contributed by atoms with Crippen molar-refractivity contribution >= 4 is 46.5 Å². The van der Waals surface area contributed by atoms with E-state index < -0.39 is 11.4 Å². The van der Waals surface area contributed by atoms with Crippen molar-refractivity contribution in [3.63, 3.8) is 0 Å². The minimum Gasteiger partial charge on any atom is -0.341 e. The Bertz CT molecular complexity index is 1080. The zero-order valence-corrected chi connectivity index (χ0v) is 17.4. The summed E-state index contributed by atoms with van der Waals surface area (Å²) < 4.78 is 0. The van der Waals surface area contributed by atoms with Crippen molar-refractivity contribution in [2.45, 2.75) is 18.4 Å². The molecule has 0 unspecified atom stereocenters. The van der Waals surface area contributed by atoms with Crippen LogP contribution in [0.5, 0.6) is 0 Å². The summed E-state index contributed by atoms with van der Waals surface area (Å²) in [7, 11) is 0. The highest BCUT2D eigenvalue weighted by Gasteiger charge is 2.50. The van der Waals surface area contributed by atoms with E-state index in [2.05, 4.69) is 30.4 Å². The molecule has 0 saturated carbocycles. The molecule has 1 spiro atoms. The van der Waals surface area contributed by atoms with E-state index in [9.17, 15) is 14.4 Å². The van der Waals surface area contributed by atoms with Gasteiger partial charge in [0.2, 0.25) is 11.9 Å². The van der Waals surface area contributed by atoms with E-state index in [1.165, 1.54) is 0 Å². The molecule has 31 heavy (non-hydrogen) atoms. The van der Waals surface area contributed by atoms with Crippen molar-refractivity contribution in [1.29, 1.82) is 0 Å². The number of piperidine rings is 1. The van der Waals surface area contributed by atoms with Gasteiger partial charge in [0.15, 0.2) is 0 Å². The fourth-order valence-electron chi connectivity index (χ4n) is 4.26. The first kappa shape index (κ1) is 19.6. The van der Waals surface area contributed by atoms with Crippen LogP contribution in [0.1, 0.15) is 18.5 Å². The maximum absolute atomic E-state index is 12.8. The van der Waals surface area contributed by atoms with Crippen LogP contribution < -0.4 is 20.4 Å². The Morgan fingerprint density at radius 2 is 1.84 bits per heavy atom. The Hall–Kier alpha value is -3.40. The SMILES string of the molecule is O=C1NC(=O)/C(=C/c2ccnc(N3CCC4(CC3)C(=O)NCN4c3ccccc3)n2)S1. The number of imide groups is 1. The van der Waals surface area contributed by atoms with Crippen LogP contribution in [-0.4, -0.2) is 52.3 Å². The molecule has 1 aromatic carbocycles. The maximum atomic E-state index is 12.8. The molecular formula is C21H20N6O3S. The maximum Gasteiger partial charge on any atom is 0.290 e. The van der Waals surface area contributed by atoms with Crippen LogP contribution in [-0.2, 0) is 9.59 Å². The smallest absolute Gasteiger partial charge is 0.290 e. The van der Waals surface area contributed by atoms with Gasteiger partial charge in [0, 0.05) is 25.0 Å². The van der Waals surface area contributed by atoms with E-state index in [0.29, 0.717) is 49.1 Å². The van der Waals surface area contributed by atoms with Gasteiger partial charge >= 0.3 is 0 Å². The lowest BCUT2D eigenvalue weighted by Gasteiger charge is -2.43. The Morgan fingerprint density at radius 3 is 2.55 bits per heavy atom. The molecule has 3 aliphatic heterocycles. The number of hydrogen-bond acceptors (Lipinski definition) is 8. The topological polar surface area (TPSA) is 108 Å². The van der Waals surface area contributed by atoms with Crippen molar-refractivity contribution in [3.05, 3.63) is 53.2 Å². The molecule has 3 amide bonds. The van der Waals surface area contributed by atoms with Crippen molar-refractivity contribution in [2.24, 2.45) is 0 Å². The van der Waals surface area contributed by atoms with Gasteiger partial charge in [0.1, 0.15) is 5.54 Å². The molecule has 158 valence electrons. The van der Waals surface area contributed by atoms with E-state index >= 15 is 0 Å². The van der Waals surface area contributed by atoms with Gasteiger partial charge in [-0.3, -0.25) is 19.7 Å². The second kappa shape index (κ2) is 7.69. The number of nitrogens with zero attached hydrogens (tertiary/aromatic N) is 4. The van der Waals surface area contributed by atoms with E-state index in [-0.39, 0.29) is 11.1 Å². The van der Waals surface area contributed by atoms with E-state index in [1.807, 2.05) is 30.3 Å². The van der Waals surface area contributed by atoms with Crippen LogP contribution in [0.25, 0.3) is 6.08 Å². The zero-order chi connectivity index (χ0) is 21.4. The lowest BCUT2D eigenvalue weighted by Crippen LogP contribution is -2.56. The van der Waals surface area contributed by atoms with E-state index in [4.69, 9.17) is 0 Å². The molecule has 3 fully saturated rings. The predicted molar refractivity (Wildman–Crippen MR) is 117 cm³/mol. The number of hydrogen-bond donors (Lipinski definition) is 2. The standard InChI is InChI=1S/C21H20N6O3S/c28-17-16(31-20(30)25-17)12-14-6-9-22-19(24-14)26-10-7-21(8-11-26)18(29)23-13-27(21)15-4-2-1-3-5-15/h1-6,9,12H,7-8,10-11,13H2,(H,23,29)(H,25,28,30)/b16-12-. The second-order valence-electron chi connectivity index (χ2n) is 7.58. The zero-order valence-electron chi connectivity index (χ0n) is 16.6. The number of nitrogens with one attached hydrogen (secondary N) is 2. The fourth-order valence-corrected chi connectivity index (χ4v) is 4.93. The number of amides is 3. The number of benzene rings is 1. The third-order valence-corrected chi connectivity index (χ3v) is 6.67. The molecule has 0 bridgehead atoms. The molecular weight excluding hydrogens is 416 g/mol. The fraction of sp³-hybridized carbons (Fsp3) is 0.286. The molecule has 0 atom stereocenters. The Labute approximate surface area is 182 Å². The third kappa shape index (κ3) is 3.52. The normalized spacial score (nSPS) is 21.7. The average Bonchev–Trinajstić information content (AvgIpc) is 3.27. The van der Waals surface area contributed by atoms with Crippen LogP contribution in [0.3, 0.4) is 0 Å². The van der Waals surface area contributed by atoms with Gasteiger partial charge in [-0.2, -0.15) is 0 Å². The molecule has 4 heterocycles. The first-order valence-corrected chi connectivity index (χ1v) is 10.8. The van der Waals surface area contributed by atoms with Crippen LogP contribution in [0, 0.1) is 0 Å². The van der Waals surface area contributed by atoms with E-state index in [1.54, 1.807) is 18.3 Å². The Balaban J connectivity index is 1.34. The minimum atomic E-state index is -0.573. The number of carbonyl (C=O) groups excluding carboxylic acids is 3. The molecule has 3 saturated heterocycles. The van der Waals surface area contributed by atoms with E-state index in [0.717, 1.165) is 17.4 Å². The quantitative estimate of drug-likeness (QED) is 0.701. The number of anilines is 2. The highest BCUT2D eigenvalue weighted by molar-refractivity contribution is 8.18. The summed E-state index contributed by atoms with van der Waals surface area (Å²) in [6, 6.07) is 11.7. The second-order valence-corrected chi connectivity index (χ2v) is 8.59. The van der Waals surface area contributed by atoms with Crippen LogP contribution >= 0.6 is 11.8 Å². The lowest BCUT2D eigenvalue weighted by molar-refractivity contribution is -0.124. The van der Waals surface area contributed by atoms with Gasteiger partial charge in [0.05, 0.1) is 17.3 Å². The number of para-hydroxylation sites is 1. The number of carbonyl (C=O) groups is 3.